The summed E-state index contributed by atoms with van der Waals surface area (Å²) >= 11 is 3.68. The van der Waals surface area contributed by atoms with Crippen LogP contribution in [-0.4, -0.2) is 20.6 Å². The van der Waals surface area contributed by atoms with Crippen LogP contribution in [0.2, 0.25) is 0 Å². The maximum Gasteiger partial charge on any atom is 0.0897 e. The van der Waals surface area contributed by atoms with Gasteiger partial charge in [0.05, 0.1) is 45.4 Å². The minimum Gasteiger partial charge on any atom is -0.352 e. The molecule has 5 rings (SSSR count). The Kier molecular flexibility index (Phi) is 5.79. The molecule has 0 radical (unpaired) electrons. The standard InChI is InChI=1S/C26H26BrN5/c1-17(2)29-23-15-26-24(14-22(23)30-19-6-5-13-28-16-19)31-21-7-3-4-8-25(21)32(26)20-11-9-18(27)10-12-20/h3-9,13-17,20,30H,10-12H2,1-2H3/b29-23+. The zero-order valence-corrected chi connectivity index (χ0v) is 19.9. The van der Waals surface area contributed by atoms with E-state index >= 15 is 0 Å². The van der Waals surface area contributed by atoms with Gasteiger partial charge >= 0.3 is 0 Å². The van der Waals surface area contributed by atoms with Crippen LogP contribution in [0.1, 0.15) is 39.2 Å². The van der Waals surface area contributed by atoms with E-state index in [0.29, 0.717) is 6.04 Å². The second-order valence-corrected chi connectivity index (χ2v) is 9.52. The highest BCUT2D eigenvalue weighted by Crippen LogP contribution is 2.37. The van der Waals surface area contributed by atoms with Gasteiger partial charge in [-0.25, -0.2) is 4.98 Å². The van der Waals surface area contributed by atoms with Crippen LogP contribution in [0.5, 0.6) is 0 Å². The molecule has 32 heavy (non-hydrogen) atoms. The Morgan fingerprint density at radius 1 is 1.16 bits per heavy atom. The van der Waals surface area contributed by atoms with Gasteiger partial charge < -0.3 is 9.88 Å². The minimum absolute atomic E-state index is 0.178. The third kappa shape index (κ3) is 4.19. The monoisotopic (exact) mass is 487 g/mol. The molecule has 1 unspecified atom stereocenters. The molecular weight excluding hydrogens is 462 g/mol. The van der Waals surface area contributed by atoms with Gasteiger partial charge in [0.15, 0.2) is 0 Å². The molecular formula is C26H26BrN5. The van der Waals surface area contributed by atoms with Gasteiger partial charge in [-0.1, -0.05) is 34.1 Å². The smallest absolute Gasteiger partial charge is 0.0897 e. The van der Waals surface area contributed by atoms with Crippen LogP contribution in [0.25, 0.3) is 22.4 Å². The predicted molar refractivity (Wildman–Crippen MR) is 134 cm³/mol. The fourth-order valence-corrected chi connectivity index (χ4v) is 4.78. The number of nitrogens with one attached hydrogen (secondary N) is 1. The molecule has 1 N–H and O–H groups in total. The molecule has 2 aromatic rings. The fourth-order valence-electron chi connectivity index (χ4n) is 4.36. The van der Waals surface area contributed by atoms with Crippen molar-refractivity contribution < 1.29 is 0 Å². The Labute approximate surface area is 196 Å². The number of pyridine rings is 1. The van der Waals surface area contributed by atoms with Crippen LogP contribution in [0.3, 0.4) is 0 Å². The Balaban J connectivity index is 1.76. The number of halogens is 1. The molecule has 0 saturated heterocycles. The van der Waals surface area contributed by atoms with E-state index in [1.165, 1.54) is 10.00 Å². The Morgan fingerprint density at radius 3 is 2.78 bits per heavy atom. The van der Waals surface area contributed by atoms with Gasteiger partial charge in [-0.05, 0) is 74.0 Å². The lowest BCUT2D eigenvalue weighted by atomic mass is 9.99. The third-order valence-electron chi connectivity index (χ3n) is 5.77. The van der Waals surface area contributed by atoms with Gasteiger partial charge in [0.1, 0.15) is 0 Å². The molecule has 1 aromatic carbocycles. The SMILES string of the molecule is CC(C)/N=c1\cc2n(C3CC=C(Br)CC3)c3ccccc3nc-2cc1Nc1cccnc1. The number of hydrogen-bond donors (Lipinski definition) is 1. The van der Waals surface area contributed by atoms with Crippen molar-refractivity contribution >= 4 is 38.3 Å². The van der Waals surface area contributed by atoms with Crippen molar-refractivity contribution in [3.8, 4) is 11.4 Å². The molecule has 2 heterocycles. The number of anilines is 2. The second kappa shape index (κ2) is 8.87. The molecule has 5 nitrogen and oxygen atoms in total. The first-order valence-electron chi connectivity index (χ1n) is 11.1. The molecule has 0 fully saturated rings. The lowest BCUT2D eigenvalue weighted by Crippen LogP contribution is -2.20. The summed E-state index contributed by atoms with van der Waals surface area (Å²) in [4.78, 5) is 14.2. The largest absolute Gasteiger partial charge is 0.352 e. The highest BCUT2D eigenvalue weighted by atomic mass is 79.9. The summed E-state index contributed by atoms with van der Waals surface area (Å²) in [6, 6.07) is 17.2. The van der Waals surface area contributed by atoms with Crippen LogP contribution in [-0.2, 0) is 0 Å². The van der Waals surface area contributed by atoms with Gasteiger partial charge in [-0.2, -0.15) is 0 Å². The van der Waals surface area contributed by atoms with E-state index in [2.05, 4.69) is 87.1 Å². The maximum atomic E-state index is 5.03. The maximum absolute atomic E-state index is 5.03. The quantitative estimate of drug-likeness (QED) is 0.330. The van der Waals surface area contributed by atoms with Crippen LogP contribution >= 0.6 is 15.9 Å². The number of rotatable bonds is 4. The molecule has 0 amide bonds. The van der Waals surface area contributed by atoms with E-state index in [9.17, 15) is 0 Å². The minimum atomic E-state index is 0.178. The van der Waals surface area contributed by atoms with Crippen molar-refractivity contribution in [1.29, 1.82) is 0 Å². The van der Waals surface area contributed by atoms with E-state index in [4.69, 9.17) is 9.98 Å². The Bertz CT molecular complexity index is 1320. The van der Waals surface area contributed by atoms with Crippen LogP contribution < -0.4 is 10.7 Å². The lowest BCUT2D eigenvalue weighted by molar-refractivity contribution is 0.472. The molecule has 1 aliphatic heterocycles. The summed E-state index contributed by atoms with van der Waals surface area (Å²) < 4.78 is 3.77. The van der Waals surface area contributed by atoms with Crippen molar-refractivity contribution in [2.24, 2.45) is 4.99 Å². The summed E-state index contributed by atoms with van der Waals surface area (Å²) in [5, 5.41) is 4.44. The highest BCUT2D eigenvalue weighted by Gasteiger charge is 2.22. The second-order valence-electron chi connectivity index (χ2n) is 8.50. The molecule has 1 aromatic heterocycles. The topological polar surface area (TPSA) is 55.1 Å². The van der Waals surface area contributed by atoms with Crippen molar-refractivity contribution in [2.75, 3.05) is 5.32 Å². The number of allylic oxidation sites excluding steroid dienone is 2. The summed E-state index contributed by atoms with van der Waals surface area (Å²) in [5.41, 5.74) is 6.14. The molecule has 0 bridgehead atoms. The summed E-state index contributed by atoms with van der Waals surface area (Å²) in [6.45, 7) is 4.21. The Hall–Kier alpha value is -2.99. The molecule has 0 spiro atoms. The number of fused-ring (bicyclic) bond motifs is 2. The van der Waals surface area contributed by atoms with Crippen molar-refractivity contribution in [3.63, 3.8) is 0 Å². The zero-order chi connectivity index (χ0) is 22.1. The number of hydrogen-bond acceptors (Lipinski definition) is 4. The first kappa shape index (κ1) is 20.9. The molecule has 6 heteroatoms. The third-order valence-corrected chi connectivity index (χ3v) is 6.49. The first-order chi connectivity index (χ1) is 15.6. The molecule has 0 saturated carbocycles. The number of benzene rings is 2. The normalized spacial score (nSPS) is 17.2. The number of nitrogens with zero attached hydrogens (tertiary/aromatic N) is 4. The van der Waals surface area contributed by atoms with Crippen LogP contribution in [0.4, 0.5) is 11.4 Å². The molecule has 2 aliphatic carbocycles. The zero-order valence-electron chi connectivity index (χ0n) is 18.3. The molecule has 3 aliphatic rings. The summed E-state index contributed by atoms with van der Waals surface area (Å²) in [7, 11) is 0. The predicted octanol–water partition coefficient (Wildman–Crippen LogP) is 6.59. The Morgan fingerprint density at radius 2 is 2.03 bits per heavy atom. The average Bonchev–Trinajstić information content (AvgIpc) is 2.79. The fraction of sp³-hybridized carbons (Fsp3) is 0.269. The van der Waals surface area contributed by atoms with Gasteiger partial charge in [0.25, 0.3) is 0 Å². The first-order valence-corrected chi connectivity index (χ1v) is 11.9. The van der Waals surface area contributed by atoms with Crippen molar-refractivity contribution in [1.82, 2.24) is 14.5 Å². The van der Waals surface area contributed by atoms with Crippen LogP contribution in [0.15, 0.2) is 76.5 Å². The van der Waals surface area contributed by atoms with Crippen molar-refractivity contribution in [2.45, 2.75) is 45.2 Å². The van der Waals surface area contributed by atoms with Gasteiger partial charge in [-0.15, -0.1) is 0 Å². The summed E-state index contributed by atoms with van der Waals surface area (Å²) in [5.74, 6) is 0. The summed E-state index contributed by atoms with van der Waals surface area (Å²) in [6.07, 6.45) is 9.06. The van der Waals surface area contributed by atoms with Gasteiger partial charge in [0, 0.05) is 18.3 Å². The lowest BCUT2D eigenvalue weighted by Gasteiger charge is -2.29. The van der Waals surface area contributed by atoms with E-state index in [1.807, 2.05) is 18.3 Å². The number of para-hydroxylation sites is 2. The van der Waals surface area contributed by atoms with E-state index < -0.39 is 0 Å². The highest BCUT2D eigenvalue weighted by molar-refractivity contribution is 9.11. The van der Waals surface area contributed by atoms with E-state index in [0.717, 1.165) is 52.9 Å². The van der Waals surface area contributed by atoms with E-state index in [1.54, 1.807) is 6.20 Å². The van der Waals surface area contributed by atoms with Gasteiger partial charge in [0.2, 0.25) is 0 Å². The van der Waals surface area contributed by atoms with Crippen LogP contribution in [0, 0.1) is 0 Å². The molecule has 162 valence electrons. The number of aromatic nitrogens is 3. The average molecular weight is 488 g/mol. The van der Waals surface area contributed by atoms with Crippen molar-refractivity contribution in [3.05, 3.63) is 76.8 Å². The molecule has 1 atom stereocenters. The van der Waals surface area contributed by atoms with Gasteiger partial charge in [-0.3, -0.25) is 9.98 Å². The van der Waals surface area contributed by atoms with E-state index in [-0.39, 0.29) is 6.04 Å².